The molecule has 0 atom stereocenters. The molecule has 0 unspecified atom stereocenters. The van der Waals surface area contributed by atoms with Crippen LogP contribution in [0.1, 0.15) is 18.1 Å². The van der Waals surface area contributed by atoms with Gasteiger partial charge in [0.2, 0.25) is 0 Å². The maximum atomic E-state index is 12.3. The van der Waals surface area contributed by atoms with Crippen LogP contribution in [-0.4, -0.2) is 15.0 Å². The molecule has 0 bridgehead atoms. The molecule has 2 aromatic rings. The smallest absolute Gasteiger partial charge is 0.261 e. The highest BCUT2D eigenvalue weighted by Gasteiger charge is 2.13. The van der Waals surface area contributed by atoms with Crippen molar-refractivity contribution in [2.45, 2.75) is 24.7 Å². The minimum absolute atomic E-state index is 0.253. The highest BCUT2D eigenvalue weighted by molar-refractivity contribution is 7.92. The van der Waals surface area contributed by atoms with Crippen LogP contribution in [0.5, 0.6) is 0 Å². The molecule has 0 aliphatic heterocycles. The summed E-state index contributed by atoms with van der Waals surface area (Å²) in [6.07, 6.45) is 1.67. The summed E-state index contributed by atoms with van der Waals surface area (Å²) >= 11 is 0. The second-order valence-corrected chi connectivity index (χ2v) is 6.52. The van der Waals surface area contributed by atoms with E-state index >= 15 is 0 Å². The third-order valence-corrected chi connectivity index (χ3v) is 4.68. The Morgan fingerprint density at radius 2 is 1.52 bits per heavy atom. The van der Waals surface area contributed by atoms with Gasteiger partial charge >= 0.3 is 0 Å². The van der Waals surface area contributed by atoms with Gasteiger partial charge in [0.05, 0.1) is 4.90 Å². The molecule has 0 aliphatic carbocycles. The molecule has 21 heavy (non-hydrogen) atoms. The molecule has 4 nitrogen and oxygen atoms in total. The molecular formula is C16H20N2O2S. The van der Waals surface area contributed by atoms with Crippen molar-refractivity contribution in [3.63, 3.8) is 0 Å². The minimum atomic E-state index is -3.55. The molecule has 5 heteroatoms. The summed E-state index contributed by atoms with van der Waals surface area (Å²) in [7, 11) is -3.55. The van der Waals surface area contributed by atoms with Crippen LogP contribution in [0.2, 0.25) is 0 Å². The van der Waals surface area contributed by atoms with E-state index in [2.05, 4.69) is 11.6 Å². The van der Waals surface area contributed by atoms with Crippen LogP contribution in [0.25, 0.3) is 0 Å². The Balaban J connectivity index is 2.16. The molecule has 0 spiro atoms. The number of nitrogens with two attached hydrogens (primary N) is 1. The van der Waals surface area contributed by atoms with Gasteiger partial charge in [-0.3, -0.25) is 4.72 Å². The van der Waals surface area contributed by atoms with Crippen molar-refractivity contribution in [1.82, 2.24) is 0 Å². The van der Waals surface area contributed by atoms with E-state index in [0.717, 1.165) is 18.4 Å². The molecule has 2 aromatic carbocycles. The summed E-state index contributed by atoms with van der Waals surface area (Å²) < 4.78 is 27.2. The SMILES string of the molecule is CCc1ccc(NS(=O)(=O)c2ccc(CCN)cc2)cc1. The summed E-state index contributed by atoms with van der Waals surface area (Å²) in [6, 6.07) is 14.2. The van der Waals surface area contributed by atoms with E-state index < -0.39 is 10.0 Å². The van der Waals surface area contributed by atoms with E-state index in [4.69, 9.17) is 5.73 Å². The first kappa shape index (κ1) is 15.5. The first-order chi connectivity index (χ1) is 10.0. The Morgan fingerprint density at radius 3 is 2.05 bits per heavy atom. The molecule has 3 N–H and O–H groups in total. The van der Waals surface area contributed by atoms with Gasteiger partial charge in [-0.2, -0.15) is 0 Å². The fourth-order valence-corrected chi connectivity index (χ4v) is 3.08. The zero-order valence-electron chi connectivity index (χ0n) is 12.0. The fraction of sp³-hybridized carbons (Fsp3) is 0.250. The molecule has 0 aliphatic rings. The van der Waals surface area contributed by atoms with E-state index in [0.29, 0.717) is 12.2 Å². The summed E-state index contributed by atoms with van der Waals surface area (Å²) in [4.78, 5) is 0.253. The number of nitrogens with one attached hydrogen (secondary N) is 1. The maximum absolute atomic E-state index is 12.3. The third-order valence-electron chi connectivity index (χ3n) is 3.28. The van der Waals surface area contributed by atoms with E-state index in [1.165, 1.54) is 5.56 Å². The number of anilines is 1. The maximum Gasteiger partial charge on any atom is 0.261 e. The van der Waals surface area contributed by atoms with Crippen LogP contribution in [-0.2, 0) is 22.9 Å². The molecule has 0 saturated heterocycles. The van der Waals surface area contributed by atoms with Gasteiger partial charge in [-0.25, -0.2) is 8.42 Å². The van der Waals surface area contributed by atoms with Crippen LogP contribution in [0.3, 0.4) is 0 Å². The lowest BCUT2D eigenvalue weighted by Crippen LogP contribution is -2.13. The fourth-order valence-electron chi connectivity index (χ4n) is 2.02. The minimum Gasteiger partial charge on any atom is -0.330 e. The Morgan fingerprint density at radius 1 is 0.952 bits per heavy atom. The topological polar surface area (TPSA) is 72.2 Å². The van der Waals surface area contributed by atoms with Gasteiger partial charge in [0.25, 0.3) is 10.0 Å². The quantitative estimate of drug-likeness (QED) is 0.861. The average molecular weight is 304 g/mol. The first-order valence-electron chi connectivity index (χ1n) is 6.96. The third kappa shape index (κ3) is 4.06. The normalized spacial score (nSPS) is 11.3. The molecule has 0 fully saturated rings. The van der Waals surface area contributed by atoms with Crippen LogP contribution in [0.4, 0.5) is 5.69 Å². The largest absolute Gasteiger partial charge is 0.330 e. The Labute approximate surface area is 126 Å². The lowest BCUT2D eigenvalue weighted by Gasteiger charge is -2.09. The van der Waals surface area contributed by atoms with E-state index in [1.807, 2.05) is 12.1 Å². The van der Waals surface area contributed by atoms with Gasteiger partial charge in [0, 0.05) is 5.69 Å². The molecule has 112 valence electrons. The van der Waals surface area contributed by atoms with Crippen molar-refractivity contribution in [2.24, 2.45) is 5.73 Å². The zero-order valence-corrected chi connectivity index (χ0v) is 12.9. The summed E-state index contributed by atoms with van der Waals surface area (Å²) in [5.41, 5.74) is 8.25. The lowest BCUT2D eigenvalue weighted by atomic mass is 10.2. The highest BCUT2D eigenvalue weighted by atomic mass is 32.2. The van der Waals surface area contributed by atoms with Gasteiger partial charge in [-0.05, 0) is 54.8 Å². The van der Waals surface area contributed by atoms with Gasteiger partial charge in [0.1, 0.15) is 0 Å². The number of aryl methyl sites for hydroxylation is 1. The van der Waals surface area contributed by atoms with Crippen LogP contribution >= 0.6 is 0 Å². The van der Waals surface area contributed by atoms with E-state index in [9.17, 15) is 8.42 Å². The molecule has 0 saturated carbocycles. The summed E-state index contributed by atoms with van der Waals surface area (Å²) in [5.74, 6) is 0. The van der Waals surface area contributed by atoms with Gasteiger partial charge in [0.15, 0.2) is 0 Å². The van der Waals surface area contributed by atoms with Gasteiger partial charge in [-0.1, -0.05) is 31.2 Å². The Kier molecular flexibility index (Phi) is 4.98. The van der Waals surface area contributed by atoms with Crippen molar-refractivity contribution in [3.8, 4) is 0 Å². The Bertz CT molecular complexity index is 677. The number of benzene rings is 2. The average Bonchev–Trinajstić information content (AvgIpc) is 2.48. The lowest BCUT2D eigenvalue weighted by molar-refractivity contribution is 0.601. The molecule has 0 radical (unpaired) electrons. The number of sulfonamides is 1. The molecule has 0 amide bonds. The van der Waals surface area contributed by atoms with Crippen molar-refractivity contribution in [2.75, 3.05) is 11.3 Å². The van der Waals surface area contributed by atoms with Crippen molar-refractivity contribution in [3.05, 3.63) is 59.7 Å². The van der Waals surface area contributed by atoms with Crippen molar-refractivity contribution in [1.29, 1.82) is 0 Å². The predicted molar refractivity (Wildman–Crippen MR) is 85.8 cm³/mol. The monoisotopic (exact) mass is 304 g/mol. The van der Waals surface area contributed by atoms with Crippen LogP contribution in [0, 0.1) is 0 Å². The number of hydrogen-bond donors (Lipinski definition) is 2. The molecule has 0 aromatic heterocycles. The van der Waals surface area contributed by atoms with Crippen molar-refractivity contribution < 1.29 is 8.42 Å². The molecular weight excluding hydrogens is 284 g/mol. The number of rotatable bonds is 6. The predicted octanol–water partition coefficient (Wildman–Crippen LogP) is 2.55. The first-order valence-corrected chi connectivity index (χ1v) is 8.44. The number of hydrogen-bond acceptors (Lipinski definition) is 3. The van der Waals surface area contributed by atoms with Crippen LogP contribution < -0.4 is 10.5 Å². The van der Waals surface area contributed by atoms with Gasteiger partial charge < -0.3 is 5.73 Å². The van der Waals surface area contributed by atoms with E-state index in [-0.39, 0.29) is 4.90 Å². The molecule has 0 heterocycles. The van der Waals surface area contributed by atoms with Gasteiger partial charge in [-0.15, -0.1) is 0 Å². The zero-order chi connectivity index (χ0) is 15.3. The van der Waals surface area contributed by atoms with Crippen molar-refractivity contribution >= 4 is 15.7 Å². The summed E-state index contributed by atoms with van der Waals surface area (Å²) in [5, 5.41) is 0. The second kappa shape index (κ2) is 6.74. The molecule has 2 rings (SSSR count). The van der Waals surface area contributed by atoms with E-state index in [1.54, 1.807) is 36.4 Å². The second-order valence-electron chi connectivity index (χ2n) is 4.84. The highest BCUT2D eigenvalue weighted by Crippen LogP contribution is 2.17. The standard InChI is InChI=1S/C16H20N2O2S/c1-2-13-3-7-15(8-4-13)18-21(19,20)16-9-5-14(6-10-16)11-12-17/h3-10,18H,2,11-12,17H2,1H3. The Hall–Kier alpha value is -1.85. The van der Waals surface area contributed by atoms with Crippen LogP contribution in [0.15, 0.2) is 53.4 Å². The summed E-state index contributed by atoms with van der Waals surface area (Å²) in [6.45, 7) is 2.61.